The van der Waals surface area contributed by atoms with E-state index in [1.807, 2.05) is 6.92 Å². The van der Waals surface area contributed by atoms with Gasteiger partial charge in [0.25, 0.3) is 5.09 Å². The largest absolute Gasteiger partial charge is 0.464 e. The number of unbranched alkanes of at least 4 members (excludes halogenated alkanes) is 2. The number of ether oxygens (including phenoxy) is 1. The maximum absolute atomic E-state index is 10.9. The standard InChI is InChI=1S/C8H15NO5/c1-2-3-4-5-8(10)13-6-7-14-9(11)12/h2-7H2,1H3. The molecule has 0 saturated carbocycles. The van der Waals surface area contributed by atoms with Crippen LogP contribution in [0.3, 0.4) is 0 Å². The average Bonchev–Trinajstić information content (AvgIpc) is 2.13. The van der Waals surface area contributed by atoms with E-state index in [0.29, 0.717) is 6.42 Å². The second-order valence-corrected chi connectivity index (χ2v) is 2.73. The van der Waals surface area contributed by atoms with Gasteiger partial charge in [0.2, 0.25) is 0 Å². The number of hydrogen-bond acceptors (Lipinski definition) is 5. The van der Waals surface area contributed by atoms with Crippen molar-refractivity contribution >= 4 is 5.97 Å². The lowest BCUT2D eigenvalue weighted by Gasteiger charge is -2.02. The van der Waals surface area contributed by atoms with Crippen molar-refractivity contribution in [3.8, 4) is 0 Å². The molecule has 14 heavy (non-hydrogen) atoms. The van der Waals surface area contributed by atoms with Gasteiger partial charge < -0.3 is 9.57 Å². The summed E-state index contributed by atoms with van der Waals surface area (Å²) in [6.45, 7) is 1.77. The molecule has 0 rings (SSSR count). The van der Waals surface area contributed by atoms with Gasteiger partial charge in [0.05, 0.1) is 0 Å². The summed E-state index contributed by atoms with van der Waals surface area (Å²) in [5.41, 5.74) is 0. The van der Waals surface area contributed by atoms with Crippen molar-refractivity contribution in [1.29, 1.82) is 0 Å². The predicted molar refractivity (Wildman–Crippen MR) is 48.0 cm³/mol. The first-order valence-corrected chi connectivity index (χ1v) is 4.59. The molecule has 0 aliphatic heterocycles. The molecule has 0 aromatic rings. The van der Waals surface area contributed by atoms with E-state index >= 15 is 0 Å². The second-order valence-electron chi connectivity index (χ2n) is 2.73. The lowest BCUT2D eigenvalue weighted by Crippen LogP contribution is -2.12. The summed E-state index contributed by atoms with van der Waals surface area (Å²) in [5.74, 6) is -0.328. The van der Waals surface area contributed by atoms with Gasteiger partial charge in [-0.25, -0.2) is 0 Å². The van der Waals surface area contributed by atoms with E-state index < -0.39 is 5.09 Å². The number of nitrogens with zero attached hydrogens (tertiary/aromatic N) is 1. The first-order valence-electron chi connectivity index (χ1n) is 4.59. The van der Waals surface area contributed by atoms with Gasteiger partial charge in [-0.05, 0) is 6.42 Å². The summed E-state index contributed by atoms with van der Waals surface area (Å²) >= 11 is 0. The van der Waals surface area contributed by atoms with Gasteiger partial charge in [0.15, 0.2) is 0 Å². The minimum atomic E-state index is -0.912. The SMILES string of the molecule is CCCCCC(=O)OCCO[N+](=O)[O-]. The summed E-state index contributed by atoms with van der Waals surface area (Å²) in [5, 5.41) is 8.79. The van der Waals surface area contributed by atoms with Gasteiger partial charge in [0.1, 0.15) is 13.2 Å². The van der Waals surface area contributed by atoms with Crippen LogP contribution in [0.25, 0.3) is 0 Å². The Morgan fingerprint density at radius 1 is 1.36 bits per heavy atom. The molecule has 0 atom stereocenters. The Morgan fingerprint density at radius 3 is 2.64 bits per heavy atom. The van der Waals surface area contributed by atoms with E-state index in [4.69, 9.17) is 0 Å². The second kappa shape index (κ2) is 8.28. The highest BCUT2D eigenvalue weighted by Crippen LogP contribution is 2.00. The molecule has 0 aliphatic carbocycles. The number of hydrogen-bond donors (Lipinski definition) is 0. The highest BCUT2D eigenvalue weighted by Gasteiger charge is 2.02. The third kappa shape index (κ3) is 8.76. The van der Waals surface area contributed by atoms with Crippen LogP contribution in [0.5, 0.6) is 0 Å². The van der Waals surface area contributed by atoms with E-state index in [0.717, 1.165) is 19.3 Å². The molecule has 6 nitrogen and oxygen atoms in total. The van der Waals surface area contributed by atoms with Crippen LogP contribution in [-0.4, -0.2) is 24.3 Å². The van der Waals surface area contributed by atoms with Gasteiger partial charge in [-0.3, -0.25) is 4.79 Å². The molecule has 0 saturated heterocycles. The van der Waals surface area contributed by atoms with Gasteiger partial charge in [-0.15, -0.1) is 10.1 Å². The summed E-state index contributed by atoms with van der Waals surface area (Å²) in [6, 6.07) is 0. The summed E-state index contributed by atoms with van der Waals surface area (Å²) in [6.07, 6.45) is 3.19. The van der Waals surface area contributed by atoms with Crippen molar-refractivity contribution in [3.05, 3.63) is 10.1 Å². The molecule has 0 bridgehead atoms. The zero-order valence-corrected chi connectivity index (χ0v) is 8.23. The Bertz CT molecular complexity index is 183. The van der Waals surface area contributed by atoms with Gasteiger partial charge in [-0.1, -0.05) is 19.8 Å². The minimum absolute atomic E-state index is 0.0636. The molecule has 0 unspecified atom stereocenters. The molecule has 0 radical (unpaired) electrons. The normalized spacial score (nSPS) is 9.50. The Labute approximate surface area is 82.3 Å². The molecule has 0 amide bonds. The lowest BCUT2D eigenvalue weighted by atomic mass is 10.2. The fourth-order valence-electron chi connectivity index (χ4n) is 0.859. The average molecular weight is 205 g/mol. The molecule has 0 aromatic carbocycles. The predicted octanol–water partition coefficient (Wildman–Crippen LogP) is 1.32. The zero-order valence-electron chi connectivity index (χ0n) is 8.23. The fraction of sp³-hybridized carbons (Fsp3) is 0.875. The summed E-state index contributed by atoms with van der Waals surface area (Å²) < 4.78 is 4.67. The van der Waals surface area contributed by atoms with Crippen LogP contribution in [0.15, 0.2) is 0 Å². The molecule has 82 valence electrons. The molecule has 0 heterocycles. The molecule has 0 fully saturated rings. The highest BCUT2D eigenvalue weighted by molar-refractivity contribution is 5.69. The number of rotatable bonds is 8. The van der Waals surface area contributed by atoms with E-state index in [9.17, 15) is 14.9 Å². The fourth-order valence-corrected chi connectivity index (χ4v) is 0.859. The topological polar surface area (TPSA) is 78.7 Å². The molecular formula is C8H15NO5. The molecule has 0 spiro atoms. The monoisotopic (exact) mass is 205 g/mol. The van der Waals surface area contributed by atoms with Gasteiger partial charge >= 0.3 is 5.97 Å². The van der Waals surface area contributed by atoms with E-state index in [-0.39, 0.29) is 19.2 Å². The first-order chi connectivity index (χ1) is 6.66. The van der Waals surface area contributed by atoms with Crippen molar-refractivity contribution < 1.29 is 19.5 Å². The van der Waals surface area contributed by atoms with E-state index in [1.54, 1.807) is 0 Å². The van der Waals surface area contributed by atoms with Crippen molar-refractivity contribution in [2.45, 2.75) is 32.6 Å². The molecule has 0 aromatic heterocycles. The first kappa shape index (κ1) is 12.7. The quantitative estimate of drug-likeness (QED) is 0.258. The Kier molecular flexibility index (Phi) is 7.49. The van der Waals surface area contributed by atoms with Crippen LogP contribution in [0.1, 0.15) is 32.6 Å². The Morgan fingerprint density at radius 2 is 2.07 bits per heavy atom. The molecular weight excluding hydrogens is 190 g/mol. The van der Waals surface area contributed by atoms with E-state index in [2.05, 4.69) is 9.57 Å². The van der Waals surface area contributed by atoms with Crippen LogP contribution in [0, 0.1) is 10.1 Å². The van der Waals surface area contributed by atoms with Crippen LogP contribution < -0.4 is 0 Å². The number of carbonyl (C=O) groups is 1. The van der Waals surface area contributed by atoms with Crippen LogP contribution in [0.4, 0.5) is 0 Å². The smallest absolute Gasteiger partial charge is 0.305 e. The van der Waals surface area contributed by atoms with Gasteiger partial charge in [0, 0.05) is 6.42 Å². The molecule has 0 N–H and O–H groups in total. The van der Waals surface area contributed by atoms with Crippen LogP contribution in [0.2, 0.25) is 0 Å². The summed E-state index contributed by atoms with van der Waals surface area (Å²) in [7, 11) is 0. The number of carbonyl (C=O) groups excluding carboxylic acids is 1. The molecule has 6 heteroatoms. The third-order valence-corrected chi connectivity index (χ3v) is 1.53. The third-order valence-electron chi connectivity index (χ3n) is 1.53. The van der Waals surface area contributed by atoms with Crippen LogP contribution >= 0.6 is 0 Å². The minimum Gasteiger partial charge on any atom is -0.464 e. The Hall–Kier alpha value is -1.33. The maximum atomic E-state index is 10.9. The Balaban J connectivity index is 3.22. The summed E-state index contributed by atoms with van der Waals surface area (Å²) in [4.78, 5) is 24.6. The van der Waals surface area contributed by atoms with Crippen molar-refractivity contribution in [3.63, 3.8) is 0 Å². The maximum Gasteiger partial charge on any atom is 0.305 e. The lowest BCUT2D eigenvalue weighted by molar-refractivity contribution is -0.757. The van der Waals surface area contributed by atoms with E-state index in [1.165, 1.54) is 0 Å². The molecule has 0 aliphatic rings. The zero-order chi connectivity index (χ0) is 10.8. The van der Waals surface area contributed by atoms with Crippen molar-refractivity contribution in [2.24, 2.45) is 0 Å². The van der Waals surface area contributed by atoms with Crippen molar-refractivity contribution in [2.75, 3.05) is 13.2 Å². The number of esters is 1. The van der Waals surface area contributed by atoms with Crippen molar-refractivity contribution in [1.82, 2.24) is 0 Å². The van der Waals surface area contributed by atoms with Crippen LogP contribution in [-0.2, 0) is 14.4 Å². The highest BCUT2D eigenvalue weighted by atomic mass is 17.0. The van der Waals surface area contributed by atoms with Gasteiger partial charge in [-0.2, -0.15) is 0 Å².